The number of carbonyl (C=O) groups excluding carboxylic acids is 2. The number of Topliss-reactive ketones (excluding diaryl/α,β-unsaturated/α-hetero) is 1. The van der Waals surface area contributed by atoms with Crippen LogP contribution in [0.1, 0.15) is 34.5 Å². The number of nitrogens with one attached hydrogen (secondary N) is 1. The lowest BCUT2D eigenvalue weighted by Gasteiger charge is -2.31. The van der Waals surface area contributed by atoms with Crippen LogP contribution >= 0.6 is 27.7 Å². The molecule has 31 heavy (non-hydrogen) atoms. The van der Waals surface area contributed by atoms with E-state index in [1.165, 1.54) is 0 Å². The van der Waals surface area contributed by atoms with Gasteiger partial charge in [0.15, 0.2) is 5.78 Å². The van der Waals surface area contributed by atoms with Gasteiger partial charge >= 0.3 is 5.97 Å². The first-order valence-electron chi connectivity index (χ1n) is 10.1. The van der Waals surface area contributed by atoms with Gasteiger partial charge in [0.2, 0.25) is 0 Å². The number of hydrogen-bond donors (Lipinski definition) is 1. The minimum atomic E-state index is -1.38. The molecule has 1 fully saturated rings. The lowest BCUT2D eigenvalue weighted by molar-refractivity contribution is -0.144. The molecule has 4 rings (SSSR count). The molecule has 1 aromatic heterocycles. The summed E-state index contributed by atoms with van der Waals surface area (Å²) in [6, 6.07) is 17.6. The van der Waals surface area contributed by atoms with E-state index in [1.807, 2.05) is 48.5 Å². The van der Waals surface area contributed by atoms with Crippen LogP contribution in [0.25, 0.3) is 10.9 Å². The summed E-state index contributed by atoms with van der Waals surface area (Å²) < 4.78 is 6.08. The number of halogens is 1. The number of thioether (sulfide) groups is 1. The number of rotatable bonds is 6. The summed E-state index contributed by atoms with van der Waals surface area (Å²) in [7, 11) is 0. The molecule has 0 aliphatic carbocycles. The van der Waals surface area contributed by atoms with E-state index in [4.69, 9.17) is 4.74 Å². The van der Waals surface area contributed by atoms with Crippen LogP contribution in [-0.4, -0.2) is 29.1 Å². The highest BCUT2D eigenvalue weighted by Gasteiger charge is 2.58. The standard InChI is InChI=1S/C24H21BrN2O3S/c1-2-30-21(28)11-16-13-31-23(15-7-9-17(25)10-8-15)24(16,14-26)22(29)19-12-27-20-6-4-3-5-18(19)20/h3-10,12,16,23,27H,2,11,13H2,1H3/t16-,23+,24+/m1/s1. The van der Waals surface area contributed by atoms with Crippen molar-refractivity contribution in [2.75, 3.05) is 12.4 Å². The Morgan fingerprint density at radius 3 is 2.71 bits per heavy atom. The van der Waals surface area contributed by atoms with Gasteiger partial charge < -0.3 is 9.72 Å². The first-order valence-corrected chi connectivity index (χ1v) is 11.9. The molecule has 0 saturated carbocycles. The van der Waals surface area contributed by atoms with Crippen molar-refractivity contribution in [1.82, 2.24) is 4.98 Å². The van der Waals surface area contributed by atoms with E-state index < -0.39 is 11.3 Å². The van der Waals surface area contributed by atoms with Crippen LogP contribution in [0.2, 0.25) is 0 Å². The van der Waals surface area contributed by atoms with Crippen molar-refractivity contribution >= 4 is 50.3 Å². The predicted molar refractivity (Wildman–Crippen MR) is 125 cm³/mol. The molecule has 7 heteroatoms. The molecule has 3 aromatic rings. The zero-order valence-electron chi connectivity index (χ0n) is 16.9. The number of hydrogen-bond acceptors (Lipinski definition) is 5. The summed E-state index contributed by atoms with van der Waals surface area (Å²) in [5.41, 5.74) is 0.840. The Bertz CT molecular complexity index is 1170. The number of ketones is 1. The Balaban J connectivity index is 1.83. The third kappa shape index (κ3) is 3.79. The van der Waals surface area contributed by atoms with Gasteiger partial charge in [0.25, 0.3) is 0 Å². The molecule has 3 atom stereocenters. The van der Waals surface area contributed by atoms with Crippen molar-refractivity contribution < 1.29 is 14.3 Å². The molecular weight excluding hydrogens is 476 g/mol. The van der Waals surface area contributed by atoms with Crippen LogP contribution in [0.15, 0.2) is 59.2 Å². The summed E-state index contributed by atoms with van der Waals surface area (Å²) in [5.74, 6) is -0.548. The van der Waals surface area contributed by atoms with Gasteiger partial charge in [0.05, 0.1) is 24.3 Å². The second kappa shape index (κ2) is 8.89. The minimum absolute atomic E-state index is 0.0372. The Kier molecular flexibility index (Phi) is 6.22. The maximum Gasteiger partial charge on any atom is 0.306 e. The average Bonchev–Trinajstić information content (AvgIpc) is 3.36. The van der Waals surface area contributed by atoms with Crippen molar-refractivity contribution in [2.24, 2.45) is 11.3 Å². The highest BCUT2D eigenvalue weighted by molar-refractivity contribution is 9.10. The van der Waals surface area contributed by atoms with Crippen LogP contribution in [-0.2, 0) is 9.53 Å². The molecule has 2 aromatic carbocycles. The SMILES string of the molecule is CCOC(=O)C[C@@H]1CS[C@@H](c2ccc(Br)cc2)[C@]1(C#N)C(=O)c1c[nH]c2ccccc12. The fraction of sp³-hybridized carbons (Fsp3) is 0.292. The molecule has 0 spiro atoms. The van der Waals surface area contributed by atoms with E-state index in [1.54, 1.807) is 24.9 Å². The first kappa shape index (κ1) is 21.7. The molecule has 5 nitrogen and oxygen atoms in total. The molecule has 0 amide bonds. The van der Waals surface area contributed by atoms with Gasteiger partial charge in [-0.05, 0) is 36.4 Å². The molecule has 0 bridgehead atoms. The van der Waals surface area contributed by atoms with Crippen molar-refractivity contribution in [1.29, 1.82) is 5.26 Å². The summed E-state index contributed by atoms with van der Waals surface area (Å²) in [4.78, 5) is 29.5. The maximum atomic E-state index is 14.1. The molecule has 2 heterocycles. The fourth-order valence-corrected chi connectivity index (χ4v) is 6.35. The number of esters is 1. The minimum Gasteiger partial charge on any atom is -0.466 e. The normalized spacial score (nSPS) is 22.9. The quantitative estimate of drug-likeness (QED) is 0.350. The third-order valence-electron chi connectivity index (χ3n) is 5.81. The van der Waals surface area contributed by atoms with Gasteiger partial charge in [-0.15, -0.1) is 0 Å². The van der Waals surface area contributed by atoms with Gasteiger partial charge in [-0.25, -0.2) is 0 Å². The number of carbonyl (C=O) groups is 2. The van der Waals surface area contributed by atoms with Crippen LogP contribution in [0.5, 0.6) is 0 Å². The number of nitrogens with zero attached hydrogens (tertiary/aromatic N) is 1. The van der Waals surface area contributed by atoms with Crippen molar-refractivity contribution in [3.63, 3.8) is 0 Å². The molecule has 1 saturated heterocycles. The lowest BCUT2D eigenvalue weighted by atomic mass is 9.67. The van der Waals surface area contributed by atoms with Crippen LogP contribution in [0, 0.1) is 22.7 Å². The number of aromatic nitrogens is 1. The predicted octanol–water partition coefficient (Wildman–Crippen LogP) is 5.68. The number of aromatic amines is 1. The first-order chi connectivity index (χ1) is 15.0. The van der Waals surface area contributed by atoms with Crippen LogP contribution in [0.3, 0.4) is 0 Å². The molecule has 158 valence electrons. The summed E-state index contributed by atoms with van der Waals surface area (Å²) in [6.45, 7) is 2.02. The van der Waals surface area contributed by atoms with E-state index in [9.17, 15) is 14.9 Å². The fourth-order valence-electron chi connectivity index (χ4n) is 4.31. The van der Waals surface area contributed by atoms with Gasteiger partial charge in [0, 0.05) is 33.1 Å². The number of H-pyrrole nitrogens is 1. The second-order valence-electron chi connectivity index (χ2n) is 7.53. The molecule has 0 unspecified atom stereocenters. The Morgan fingerprint density at radius 2 is 2.00 bits per heavy atom. The molecule has 0 radical (unpaired) electrons. The van der Waals surface area contributed by atoms with Gasteiger partial charge in [-0.1, -0.05) is 46.3 Å². The van der Waals surface area contributed by atoms with E-state index in [2.05, 4.69) is 27.0 Å². The van der Waals surface area contributed by atoms with Crippen LogP contribution in [0.4, 0.5) is 0 Å². The summed E-state index contributed by atoms with van der Waals surface area (Å²) >= 11 is 5.00. The Morgan fingerprint density at radius 1 is 1.26 bits per heavy atom. The second-order valence-corrected chi connectivity index (χ2v) is 9.58. The van der Waals surface area contributed by atoms with Crippen LogP contribution < -0.4 is 0 Å². The van der Waals surface area contributed by atoms with E-state index in [0.29, 0.717) is 11.3 Å². The molecule has 1 aliphatic rings. The molecule has 1 aliphatic heterocycles. The largest absolute Gasteiger partial charge is 0.466 e. The summed E-state index contributed by atoms with van der Waals surface area (Å²) in [5, 5.41) is 10.9. The highest BCUT2D eigenvalue weighted by Crippen LogP contribution is 2.59. The third-order valence-corrected chi connectivity index (χ3v) is 7.91. The van der Waals surface area contributed by atoms with Gasteiger partial charge in [-0.2, -0.15) is 17.0 Å². The smallest absolute Gasteiger partial charge is 0.306 e. The number of ether oxygens (including phenoxy) is 1. The van der Waals surface area contributed by atoms with E-state index >= 15 is 0 Å². The van der Waals surface area contributed by atoms with Gasteiger partial charge in [-0.3, -0.25) is 9.59 Å². The Hall–Kier alpha value is -2.56. The number of para-hydroxylation sites is 1. The molecule has 1 N–H and O–H groups in total. The van der Waals surface area contributed by atoms with E-state index in [-0.39, 0.29) is 30.0 Å². The number of benzene rings is 2. The van der Waals surface area contributed by atoms with Gasteiger partial charge in [0.1, 0.15) is 5.41 Å². The highest BCUT2D eigenvalue weighted by atomic mass is 79.9. The lowest BCUT2D eigenvalue weighted by Crippen LogP contribution is -2.39. The maximum absolute atomic E-state index is 14.1. The van der Waals surface area contributed by atoms with E-state index in [0.717, 1.165) is 20.9 Å². The zero-order valence-corrected chi connectivity index (χ0v) is 19.3. The monoisotopic (exact) mass is 496 g/mol. The number of fused-ring (bicyclic) bond motifs is 1. The van der Waals surface area contributed by atoms with Crippen molar-refractivity contribution in [2.45, 2.75) is 18.6 Å². The topological polar surface area (TPSA) is 82.9 Å². The van der Waals surface area contributed by atoms with Crippen molar-refractivity contribution in [3.8, 4) is 6.07 Å². The number of nitriles is 1. The van der Waals surface area contributed by atoms with Crippen molar-refractivity contribution in [3.05, 3.63) is 70.3 Å². The summed E-state index contributed by atoms with van der Waals surface area (Å²) in [6.07, 6.45) is 1.71. The Labute approximate surface area is 193 Å². The zero-order chi connectivity index (χ0) is 22.0. The molecular formula is C24H21BrN2O3S. The average molecular weight is 497 g/mol.